The van der Waals surface area contributed by atoms with Crippen LogP contribution in [0.25, 0.3) is 32.5 Å². The molecular formula is C21H20N2O3S. The smallest absolute Gasteiger partial charge is 0.335 e. The van der Waals surface area contributed by atoms with Crippen molar-refractivity contribution >= 4 is 38.4 Å². The van der Waals surface area contributed by atoms with Crippen molar-refractivity contribution in [2.75, 3.05) is 7.11 Å². The van der Waals surface area contributed by atoms with Crippen LogP contribution in [-0.2, 0) is 13.6 Å². The summed E-state index contributed by atoms with van der Waals surface area (Å²) >= 11 is 1.78. The highest BCUT2D eigenvalue weighted by molar-refractivity contribution is 7.16. The first-order valence-corrected chi connectivity index (χ1v) is 9.92. The molecule has 0 aliphatic heterocycles. The molecule has 5 rings (SSSR count). The molecule has 0 unspecified atom stereocenters. The number of thiophene rings is 1. The van der Waals surface area contributed by atoms with E-state index in [0.29, 0.717) is 5.75 Å². The number of benzene rings is 1. The first kappa shape index (κ1) is 16.4. The van der Waals surface area contributed by atoms with Crippen LogP contribution in [0.15, 0.2) is 35.7 Å². The number of hydrogen-bond donors (Lipinski definition) is 1. The second kappa shape index (κ2) is 5.89. The van der Waals surface area contributed by atoms with Crippen molar-refractivity contribution in [3.8, 4) is 17.1 Å². The maximum atomic E-state index is 11.5. The first-order chi connectivity index (χ1) is 13.1. The summed E-state index contributed by atoms with van der Waals surface area (Å²) < 4.78 is 10.0. The zero-order valence-electron chi connectivity index (χ0n) is 15.2. The normalized spacial score (nSPS) is 14.3. The lowest BCUT2D eigenvalue weighted by molar-refractivity contribution is 0.0696. The monoisotopic (exact) mass is 380 g/mol. The molecule has 3 aromatic heterocycles. The summed E-state index contributed by atoms with van der Waals surface area (Å²) in [5, 5.41) is 13.7. The van der Waals surface area contributed by atoms with Crippen molar-refractivity contribution in [2.24, 2.45) is 13.0 Å². The molecule has 0 spiro atoms. The number of carboxylic acids is 1. The van der Waals surface area contributed by atoms with Crippen LogP contribution in [0.1, 0.15) is 23.2 Å². The van der Waals surface area contributed by atoms with Crippen LogP contribution in [0.2, 0.25) is 0 Å². The minimum absolute atomic E-state index is 0.242. The van der Waals surface area contributed by atoms with E-state index in [1.807, 2.05) is 7.05 Å². The SMILES string of the molecule is COc1cc(C(=O)O)cc2cc(-c3cc4ccsc4n3CC3CC3)n(C)c12. The van der Waals surface area contributed by atoms with Gasteiger partial charge in [0.1, 0.15) is 10.6 Å². The van der Waals surface area contributed by atoms with Gasteiger partial charge in [-0.3, -0.25) is 0 Å². The van der Waals surface area contributed by atoms with Gasteiger partial charge >= 0.3 is 5.97 Å². The van der Waals surface area contributed by atoms with Gasteiger partial charge in [0.05, 0.1) is 29.6 Å². The summed E-state index contributed by atoms with van der Waals surface area (Å²) in [6.45, 7) is 1.04. The number of fused-ring (bicyclic) bond motifs is 2. The lowest BCUT2D eigenvalue weighted by Gasteiger charge is -2.11. The van der Waals surface area contributed by atoms with E-state index in [1.54, 1.807) is 30.6 Å². The fourth-order valence-electron chi connectivity index (χ4n) is 3.91. The zero-order valence-corrected chi connectivity index (χ0v) is 16.0. The molecule has 4 aromatic rings. The highest BCUT2D eigenvalue weighted by atomic mass is 32.1. The maximum Gasteiger partial charge on any atom is 0.335 e. The molecule has 1 N–H and O–H groups in total. The molecule has 3 heterocycles. The average molecular weight is 380 g/mol. The summed E-state index contributed by atoms with van der Waals surface area (Å²) in [5.41, 5.74) is 3.42. The van der Waals surface area contributed by atoms with E-state index >= 15 is 0 Å². The minimum Gasteiger partial charge on any atom is -0.495 e. The first-order valence-electron chi connectivity index (χ1n) is 9.04. The Labute approximate surface area is 160 Å². The van der Waals surface area contributed by atoms with Gasteiger partial charge < -0.3 is 19.0 Å². The molecule has 0 saturated heterocycles. The number of rotatable bonds is 5. The molecule has 1 aliphatic rings. The largest absolute Gasteiger partial charge is 0.495 e. The summed E-state index contributed by atoms with van der Waals surface area (Å²) in [5.74, 6) is 0.406. The van der Waals surface area contributed by atoms with Gasteiger partial charge in [-0.1, -0.05) is 0 Å². The molecule has 0 atom stereocenters. The van der Waals surface area contributed by atoms with Crippen molar-refractivity contribution in [1.82, 2.24) is 9.13 Å². The summed E-state index contributed by atoms with van der Waals surface area (Å²) in [7, 11) is 3.60. The topological polar surface area (TPSA) is 56.4 Å². The molecular weight excluding hydrogens is 360 g/mol. The van der Waals surface area contributed by atoms with E-state index < -0.39 is 5.97 Å². The Morgan fingerprint density at radius 3 is 2.70 bits per heavy atom. The number of hydrogen-bond acceptors (Lipinski definition) is 3. The quantitative estimate of drug-likeness (QED) is 0.531. The summed E-state index contributed by atoms with van der Waals surface area (Å²) in [4.78, 5) is 12.8. The van der Waals surface area contributed by atoms with Gasteiger partial charge in [-0.25, -0.2) is 4.79 Å². The fourth-order valence-corrected chi connectivity index (χ4v) is 4.82. The number of carbonyl (C=O) groups is 1. The fraction of sp³-hybridized carbons (Fsp3) is 0.286. The molecule has 0 bridgehead atoms. The van der Waals surface area contributed by atoms with Crippen LogP contribution in [0, 0.1) is 5.92 Å². The van der Waals surface area contributed by atoms with Crippen LogP contribution < -0.4 is 4.74 Å². The number of methoxy groups -OCH3 is 1. The predicted octanol–water partition coefficient (Wildman–Crippen LogP) is 4.98. The summed E-state index contributed by atoms with van der Waals surface area (Å²) in [6, 6.07) is 9.80. The number of aryl methyl sites for hydroxylation is 1. The molecule has 1 fully saturated rings. The third-order valence-corrected chi connectivity index (χ3v) is 6.41. The van der Waals surface area contributed by atoms with E-state index in [1.165, 1.54) is 28.8 Å². The van der Waals surface area contributed by atoms with Gasteiger partial charge in [0.2, 0.25) is 0 Å². The number of aromatic nitrogens is 2. The lowest BCUT2D eigenvalue weighted by Crippen LogP contribution is -2.03. The van der Waals surface area contributed by atoms with Crippen LogP contribution in [0.3, 0.4) is 0 Å². The van der Waals surface area contributed by atoms with E-state index in [-0.39, 0.29) is 5.56 Å². The van der Waals surface area contributed by atoms with Crippen molar-refractivity contribution in [1.29, 1.82) is 0 Å². The van der Waals surface area contributed by atoms with Crippen molar-refractivity contribution in [2.45, 2.75) is 19.4 Å². The molecule has 0 radical (unpaired) electrons. The van der Waals surface area contributed by atoms with Crippen molar-refractivity contribution in [3.63, 3.8) is 0 Å². The molecule has 138 valence electrons. The second-order valence-corrected chi connectivity index (χ2v) is 8.17. The Morgan fingerprint density at radius 2 is 2.00 bits per heavy atom. The van der Waals surface area contributed by atoms with Gasteiger partial charge in [-0.15, -0.1) is 11.3 Å². The molecule has 0 amide bonds. The molecule has 27 heavy (non-hydrogen) atoms. The van der Waals surface area contributed by atoms with Gasteiger partial charge in [0, 0.05) is 24.4 Å². The van der Waals surface area contributed by atoms with E-state index in [9.17, 15) is 9.90 Å². The third kappa shape index (κ3) is 2.55. The summed E-state index contributed by atoms with van der Waals surface area (Å²) in [6.07, 6.45) is 2.60. The number of carboxylic acid groups (broad SMARTS) is 1. The highest BCUT2D eigenvalue weighted by Gasteiger charge is 2.25. The third-order valence-electron chi connectivity index (χ3n) is 5.46. The van der Waals surface area contributed by atoms with Gasteiger partial charge in [0.25, 0.3) is 0 Å². The standard InChI is InChI=1S/C21H20N2O3S/c1-22-16(9-14-7-15(21(24)25)10-18(26-2)19(14)22)17-8-13-5-6-27-20(13)23(17)11-12-3-4-12/h5-10,12H,3-4,11H2,1-2H3,(H,24,25). The molecule has 1 saturated carbocycles. The average Bonchev–Trinajstić information content (AvgIpc) is 3.10. The van der Waals surface area contributed by atoms with Crippen LogP contribution in [0.4, 0.5) is 0 Å². The molecule has 1 aliphatic carbocycles. The van der Waals surface area contributed by atoms with E-state index in [0.717, 1.165) is 29.1 Å². The lowest BCUT2D eigenvalue weighted by atomic mass is 10.1. The van der Waals surface area contributed by atoms with Gasteiger partial charge in [-0.2, -0.15) is 0 Å². The maximum absolute atomic E-state index is 11.5. The van der Waals surface area contributed by atoms with Gasteiger partial charge in [0.15, 0.2) is 0 Å². The number of nitrogens with zero attached hydrogens (tertiary/aromatic N) is 2. The van der Waals surface area contributed by atoms with Crippen LogP contribution >= 0.6 is 11.3 Å². The van der Waals surface area contributed by atoms with Gasteiger partial charge in [-0.05, 0) is 54.5 Å². The van der Waals surface area contributed by atoms with Crippen LogP contribution in [0.5, 0.6) is 5.75 Å². The Bertz CT molecular complexity index is 1190. The second-order valence-electron chi connectivity index (χ2n) is 7.27. The van der Waals surface area contributed by atoms with Crippen molar-refractivity contribution in [3.05, 3.63) is 41.3 Å². The van der Waals surface area contributed by atoms with Crippen molar-refractivity contribution < 1.29 is 14.6 Å². The Morgan fingerprint density at radius 1 is 1.22 bits per heavy atom. The molecule has 5 nitrogen and oxygen atoms in total. The predicted molar refractivity (Wildman–Crippen MR) is 108 cm³/mol. The number of aromatic carboxylic acids is 1. The van der Waals surface area contributed by atoms with E-state index in [2.05, 4.69) is 32.7 Å². The number of ether oxygens (including phenoxy) is 1. The Hall–Kier alpha value is -2.73. The van der Waals surface area contributed by atoms with E-state index in [4.69, 9.17) is 4.74 Å². The zero-order chi connectivity index (χ0) is 18.7. The highest BCUT2D eigenvalue weighted by Crippen LogP contribution is 2.40. The Balaban J connectivity index is 1.76. The van der Waals surface area contributed by atoms with Crippen LogP contribution in [-0.4, -0.2) is 27.3 Å². The molecule has 6 heteroatoms. The minimum atomic E-state index is -0.946. The Kier molecular flexibility index (Phi) is 3.59. The molecule has 1 aromatic carbocycles.